The number of hydrogen-bond acceptors (Lipinski definition) is 3. The molecule has 1 aliphatic rings. The molecule has 0 aromatic heterocycles. The first-order valence-electron chi connectivity index (χ1n) is 6.97. The molecule has 0 saturated carbocycles. The molecule has 1 unspecified atom stereocenters. The highest BCUT2D eigenvalue weighted by atomic mass is 19.1. The summed E-state index contributed by atoms with van der Waals surface area (Å²) in [6, 6.07) is 5.06. The van der Waals surface area contributed by atoms with Crippen LogP contribution < -0.4 is 10.2 Å². The number of aliphatic hydroxyl groups excluding tert-OH is 1. The second-order valence-electron chi connectivity index (χ2n) is 5.31. The van der Waals surface area contributed by atoms with Gasteiger partial charge in [0, 0.05) is 37.3 Å². The average Bonchev–Trinajstić information content (AvgIpc) is 2.38. The van der Waals surface area contributed by atoms with Crippen LogP contribution in [0.4, 0.5) is 10.1 Å². The van der Waals surface area contributed by atoms with E-state index < -0.39 is 6.10 Å². The molecule has 1 aliphatic heterocycles. The van der Waals surface area contributed by atoms with E-state index in [2.05, 4.69) is 10.2 Å². The maximum absolute atomic E-state index is 13.9. The third-order valence-corrected chi connectivity index (χ3v) is 3.69. The lowest BCUT2D eigenvalue weighted by Gasteiger charge is -2.35. The van der Waals surface area contributed by atoms with Crippen LogP contribution in [-0.2, 0) is 4.79 Å². The van der Waals surface area contributed by atoms with Crippen LogP contribution in [0.15, 0.2) is 18.2 Å². The molecule has 1 aromatic carbocycles. The zero-order valence-electron chi connectivity index (χ0n) is 11.9. The lowest BCUT2D eigenvalue weighted by molar-refractivity contribution is -0.119. The number of benzene rings is 1. The van der Waals surface area contributed by atoms with Gasteiger partial charge in [0.25, 0.3) is 0 Å². The highest BCUT2D eigenvalue weighted by molar-refractivity contribution is 5.73. The Balaban J connectivity index is 2.11. The van der Waals surface area contributed by atoms with Gasteiger partial charge in [0.15, 0.2) is 0 Å². The first kappa shape index (κ1) is 14.8. The molecule has 1 saturated heterocycles. The predicted octanol–water partition coefficient (Wildman–Crippen LogP) is 1.98. The lowest BCUT2D eigenvalue weighted by atomic mass is 10.0. The van der Waals surface area contributed by atoms with Crippen LogP contribution in [-0.4, -0.2) is 30.1 Å². The third kappa shape index (κ3) is 3.28. The van der Waals surface area contributed by atoms with E-state index in [1.807, 2.05) is 6.07 Å². The SMILES string of the molecule is CC(=O)NC1CCN(c2cccc(F)c2C(C)O)CC1. The van der Waals surface area contributed by atoms with E-state index in [-0.39, 0.29) is 17.8 Å². The number of rotatable bonds is 3. The molecule has 110 valence electrons. The molecular formula is C15H21FN2O2. The summed E-state index contributed by atoms with van der Waals surface area (Å²) in [5, 5.41) is 12.7. The molecule has 0 bridgehead atoms. The van der Waals surface area contributed by atoms with Crippen molar-refractivity contribution in [3.63, 3.8) is 0 Å². The van der Waals surface area contributed by atoms with E-state index >= 15 is 0 Å². The van der Waals surface area contributed by atoms with Gasteiger partial charge in [-0.05, 0) is 31.9 Å². The Labute approximate surface area is 118 Å². The lowest BCUT2D eigenvalue weighted by Crippen LogP contribution is -2.44. The van der Waals surface area contributed by atoms with Crippen molar-refractivity contribution in [1.82, 2.24) is 5.32 Å². The Hall–Kier alpha value is -1.62. The van der Waals surface area contributed by atoms with Crippen LogP contribution in [0.3, 0.4) is 0 Å². The number of amides is 1. The molecule has 1 aromatic rings. The molecule has 0 spiro atoms. The Bertz CT molecular complexity index is 483. The minimum Gasteiger partial charge on any atom is -0.389 e. The smallest absolute Gasteiger partial charge is 0.217 e. The van der Waals surface area contributed by atoms with Crippen molar-refractivity contribution in [3.05, 3.63) is 29.6 Å². The number of anilines is 1. The molecule has 2 N–H and O–H groups in total. The minimum absolute atomic E-state index is 0.0149. The topological polar surface area (TPSA) is 52.6 Å². The van der Waals surface area contributed by atoms with Crippen molar-refractivity contribution < 1.29 is 14.3 Å². The Morgan fingerprint density at radius 2 is 2.10 bits per heavy atom. The van der Waals surface area contributed by atoms with Gasteiger partial charge in [-0.2, -0.15) is 0 Å². The van der Waals surface area contributed by atoms with Gasteiger partial charge in [0.2, 0.25) is 5.91 Å². The van der Waals surface area contributed by atoms with E-state index in [1.54, 1.807) is 13.0 Å². The molecule has 0 radical (unpaired) electrons. The second kappa shape index (κ2) is 6.22. The second-order valence-corrected chi connectivity index (χ2v) is 5.31. The van der Waals surface area contributed by atoms with Crippen LogP contribution in [0.1, 0.15) is 38.4 Å². The van der Waals surface area contributed by atoms with Gasteiger partial charge in [-0.15, -0.1) is 0 Å². The predicted molar refractivity (Wildman–Crippen MR) is 76.1 cm³/mol. The van der Waals surface area contributed by atoms with Gasteiger partial charge in [0.1, 0.15) is 5.82 Å². The fourth-order valence-corrected chi connectivity index (χ4v) is 2.77. The van der Waals surface area contributed by atoms with Crippen LogP contribution in [0.2, 0.25) is 0 Å². The standard InChI is InChI=1S/C15H21FN2O2/c1-10(19)15-13(16)4-3-5-14(15)18-8-6-12(7-9-18)17-11(2)20/h3-5,10,12,19H,6-9H2,1-2H3,(H,17,20). The molecule has 1 atom stereocenters. The van der Waals surface area contributed by atoms with E-state index in [1.165, 1.54) is 13.0 Å². The minimum atomic E-state index is -0.834. The van der Waals surface area contributed by atoms with Crippen LogP contribution in [0.5, 0.6) is 0 Å². The molecule has 1 amide bonds. The first-order chi connectivity index (χ1) is 9.49. The molecule has 5 heteroatoms. The number of aliphatic hydroxyl groups is 1. The molecule has 4 nitrogen and oxygen atoms in total. The largest absolute Gasteiger partial charge is 0.389 e. The summed E-state index contributed by atoms with van der Waals surface area (Å²) in [6.45, 7) is 4.58. The number of halogens is 1. The number of carbonyl (C=O) groups excluding carboxylic acids is 1. The zero-order valence-corrected chi connectivity index (χ0v) is 11.9. The zero-order chi connectivity index (χ0) is 14.7. The van der Waals surface area contributed by atoms with Crippen LogP contribution in [0, 0.1) is 5.82 Å². The highest BCUT2D eigenvalue weighted by Crippen LogP contribution is 2.30. The normalized spacial score (nSPS) is 17.9. The van der Waals surface area contributed by atoms with Crippen molar-refractivity contribution in [2.24, 2.45) is 0 Å². The third-order valence-electron chi connectivity index (χ3n) is 3.69. The van der Waals surface area contributed by atoms with Crippen molar-refractivity contribution in [3.8, 4) is 0 Å². The van der Waals surface area contributed by atoms with Crippen LogP contribution in [0.25, 0.3) is 0 Å². The maximum atomic E-state index is 13.9. The number of hydrogen-bond donors (Lipinski definition) is 2. The van der Waals surface area contributed by atoms with E-state index in [0.717, 1.165) is 31.6 Å². The number of carbonyl (C=O) groups is 1. The summed E-state index contributed by atoms with van der Waals surface area (Å²) in [5.74, 6) is -0.389. The number of piperidine rings is 1. The van der Waals surface area contributed by atoms with Gasteiger partial charge in [0.05, 0.1) is 6.10 Å². The Kier molecular flexibility index (Phi) is 4.60. The summed E-state index contributed by atoms with van der Waals surface area (Å²) in [7, 11) is 0. The van der Waals surface area contributed by atoms with Crippen molar-refractivity contribution in [2.75, 3.05) is 18.0 Å². The molecule has 2 rings (SSSR count). The Morgan fingerprint density at radius 3 is 2.65 bits per heavy atom. The van der Waals surface area contributed by atoms with Gasteiger partial charge >= 0.3 is 0 Å². The summed E-state index contributed by atoms with van der Waals surface area (Å²) >= 11 is 0. The van der Waals surface area contributed by atoms with E-state index in [4.69, 9.17) is 0 Å². The quantitative estimate of drug-likeness (QED) is 0.890. The molecule has 1 fully saturated rings. The fraction of sp³-hybridized carbons (Fsp3) is 0.533. The molecule has 20 heavy (non-hydrogen) atoms. The fourth-order valence-electron chi connectivity index (χ4n) is 2.77. The Morgan fingerprint density at radius 1 is 1.45 bits per heavy atom. The van der Waals surface area contributed by atoms with Crippen molar-refractivity contribution in [2.45, 2.75) is 38.8 Å². The molecule has 1 heterocycles. The summed E-state index contributed by atoms with van der Waals surface area (Å²) in [5.41, 5.74) is 1.10. The van der Waals surface area contributed by atoms with Gasteiger partial charge < -0.3 is 15.3 Å². The molecule has 0 aliphatic carbocycles. The van der Waals surface area contributed by atoms with Gasteiger partial charge in [-0.25, -0.2) is 4.39 Å². The highest BCUT2D eigenvalue weighted by Gasteiger charge is 2.23. The van der Waals surface area contributed by atoms with Crippen LogP contribution >= 0.6 is 0 Å². The first-order valence-corrected chi connectivity index (χ1v) is 6.97. The average molecular weight is 280 g/mol. The monoisotopic (exact) mass is 280 g/mol. The summed E-state index contributed by atoms with van der Waals surface area (Å²) in [4.78, 5) is 13.1. The maximum Gasteiger partial charge on any atom is 0.217 e. The van der Waals surface area contributed by atoms with E-state index in [9.17, 15) is 14.3 Å². The van der Waals surface area contributed by atoms with E-state index in [0.29, 0.717) is 5.56 Å². The van der Waals surface area contributed by atoms with Gasteiger partial charge in [-0.1, -0.05) is 6.07 Å². The summed E-state index contributed by atoms with van der Waals surface area (Å²) in [6.07, 6.45) is 0.823. The van der Waals surface area contributed by atoms with Crippen molar-refractivity contribution in [1.29, 1.82) is 0 Å². The summed E-state index contributed by atoms with van der Waals surface area (Å²) < 4.78 is 13.9. The number of nitrogens with one attached hydrogen (secondary N) is 1. The van der Waals surface area contributed by atoms with Gasteiger partial charge in [-0.3, -0.25) is 4.79 Å². The number of nitrogens with zero attached hydrogens (tertiary/aromatic N) is 1. The van der Waals surface area contributed by atoms with Crippen molar-refractivity contribution >= 4 is 11.6 Å². The molecular weight excluding hydrogens is 259 g/mol.